The van der Waals surface area contributed by atoms with Crippen LogP contribution in [0.25, 0.3) is 6.08 Å². The second-order valence-electron chi connectivity index (χ2n) is 7.62. The first kappa shape index (κ1) is 21.4. The number of Topliss-reactive ketones (excluding diaryl/α,β-unsaturated/α-hetero) is 1. The van der Waals surface area contributed by atoms with E-state index >= 15 is 0 Å². The Morgan fingerprint density at radius 1 is 0.969 bits per heavy atom. The molecule has 0 saturated heterocycles. The second-order valence-corrected chi connectivity index (χ2v) is 7.62. The molecule has 162 valence electrons. The summed E-state index contributed by atoms with van der Waals surface area (Å²) in [6.45, 7) is 8.06. The van der Waals surface area contributed by atoms with Crippen LogP contribution in [-0.2, 0) is 0 Å². The van der Waals surface area contributed by atoms with Crippen LogP contribution in [0.15, 0.2) is 72.5 Å². The summed E-state index contributed by atoms with van der Waals surface area (Å²) in [5.41, 5.74) is 3.99. The van der Waals surface area contributed by atoms with Gasteiger partial charge in [-0.1, -0.05) is 29.8 Å². The largest absolute Gasteiger partial charge is 0.452 e. The molecule has 0 aliphatic carbocycles. The Hall–Kier alpha value is -3.86. The highest BCUT2D eigenvalue weighted by Gasteiger charge is 2.28. The molecule has 0 saturated carbocycles. The second kappa shape index (κ2) is 9.10. The van der Waals surface area contributed by atoms with E-state index in [2.05, 4.69) is 18.7 Å². The van der Waals surface area contributed by atoms with E-state index in [-0.39, 0.29) is 11.5 Å². The number of benzene rings is 3. The maximum absolute atomic E-state index is 12.7. The molecule has 0 atom stereocenters. The first-order chi connectivity index (χ1) is 15.5. The standard InChI is InChI=1S/C27H25NO4/c1-4-28(5-2)21-12-8-19(9-13-21)16-25-26(29)23-15-14-22(17-24(23)32-25)31-27(30)20-10-6-18(3)7-11-20/h6-17H,4-5H2,1-3H3/b25-16-. The Labute approximate surface area is 187 Å². The number of anilines is 1. The van der Waals surface area contributed by atoms with Gasteiger partial charge >= 0.3 is 5.97 Å². The monoisotopic (exact) mass is 427 g/mol. The fraction of sp³-hybridized carbons (Fsp3) is 0.185. The molecule has 0 spiro atoms. The van der Waals surface area contributed by atoms with Gasteiger partial charge in [0.25, 0.3) is 0 Å². The summed E-state index contributed by atoms with van der Waals surface area (Å²) in [7, 11) is 0. The predicted molar refractivity (Wildman–Crippen MR) is 126 cm³/mol. The summed E-state index contributed by atoms with van der Waals surface area (Å²) < 4.78 is 11.3. The average molecular weight is 428 g/mol. The normalized spacial score (nSPS) is 13.6. The van der Waals surface area contributed by atoms with Crippen LogP contribution in [0.2, 0.25) is 0 Å². The van der Waals surface area contributed by atoms with Gasteiger partial charge < -0.3 is 14.4 Å². The van der Waals surface area contributed by atoms with E-state index in [1.165, 1.54) is 0 Å². The SMILES string of the molecule is CCN(CC)c1ccc(/C=C2\Oc3cc(OC(=O)c4ccc(C)cc4)ccc3C2=O)cc1. The molecule has 1 aliphatic rings. The van der Waals surface area contributed by atoms with Gasteiger partial charge in [0.2, 0.25) is 5.78 Å². The van der Waals surface area contributed by atoms with Gasteiger partial charge in [0.1, 0.15) is 11.5 Å². The number of ether oxygens (including phenoxy) is 2. The van der Waals surface area contributed by atoms with E-state index < -0.39 is 5.97 Å². The summed E-state index contributed by atoms with van der Waals surface area (Å²) in [6, 6.07) is 20.0. The maximum Gasteiger partial charge on any atom is 0.343 e. The maximum atomic E-state index is 12.7. The lowest BCUT2D eigenvalue weighted by Gasteiger charge is -2.20. The van der Waals surface area contributed by atoms with Crippen molar-refractivity contribution in [3.8, 4) is 11.5 Å². The molecule has 0 fully saturated rings. The predicted octanol–water partition coefficient (Wildman–Crippen LogP) is 5.68. The molecule has 0 radical (unpaired) electrons. The van der Waals surface area contributed by atoms with Crippen LogP contribution in [0.5, 0.6) is 11.5 Å². The minimum atomic E-state index is -0.460. The molecule has 1 aliphatic heterocycles. The molecular weight excluding hydrogens is 402 g/mol. The number of fused-ring (bicyclic) bond motifs is 1. The van der Waals surface area contributed by atoms with Gasteiger partial charge in [-0.05, 0) is 68.8 Å². The number of aryl methyl sites for hydroxylation is 1. The van der Waals surface area contributed by atoms with Crippen LogP contribution < -0.4 is 14.4 Å². The van der Waals surface area contributed by atoms with Crippen molar-refractivity contribution in [2.75, 3.05) is 18.0 Å². The number of allylic oxidation sites excluding steroid dienone is 1. The molecule has 5 heteroatoms. The molecule has 32 heavy (non-hydrogen) atoms. The summed E-state index contributed by atoms with van der Waals surface area (Å²) in [5, 5.41) is 0. The Kier molecular flexibility index (Phi) is 6.08. The molecular formula is C27H25NO4. The first-order valence-corrected chi connectivity index (χ1v) is 10.7. The van der Waals surface area contributed by atoms with Crippen LogP contribution in [0.3, 0.4) is 0 Å². The van der Waals surface area contributed by atoms with Crippen molar-refractivity contribution >= 4 is 23.5 Å². The first-order valence-electron chi connectivity index (χ1n) is 10.7. The molecule has 0 aromatic heterocycles. The van der Waals surface area contributed by atoms with Crippen LogP contribution in [-0.4, -0.2) is 24.8 Å². The lowest BCUT2D eigenvalue weighted by molar-refractivity contribution is 0.0734. The summed E-state index contributed by atoms with van der Waals surface area (Å²) in [6.07, 6.45) is 1.73. The zero-order valence-corrected chi connectivity index (χ0v) is 18.4. The number of esters is 1. The number of hydrogen-bond donors (Lipinski definition) is 0. The van der Waals surface area contributed by atoms with Gasteiger partial charge in [-0.3, -0.25) is 4.79 Å². The lowest BCUT2D eigenvalue weighted by atomic mass is 10.1. The average Bonchev–Trinajstić information content (AvgIpc) is 3.10. The van der Waals surface area contributed by atoms with E-state index in [0.717, 1.165) is 29.9 Å². The van der Waals surface area contributed by atoms with Crippen molar-refractivity contribution in [3.05, 3.63) is 94.7 Å². The third kappa shape index (κ3) is 4.42. The number of rotatable bonds is 6. The van der Waals surface area contributed by atoms with E-state index in [1.807, 2.05) is 43.3 Å². The number of hydrogen-bond acceptors (Lipinski definition) is 5. The van der Waals surface area contributed by atoms with Gasteiger partial charge in [0, 0.05) is 24.8 Å². The summed E-state index contributed by atoms with van der Waals surface area (Å²) >= 11 is 0. The highest BCUT2D eigenvalue weighted by Crippen LogP contribution is 2.35. The van der Waals surface area contributed by atoms with Crippen LogP contribution in [0, 0.1) is 6.92 Å². The van der Waals surface area contributed by atoms with Gasteiger partial charge in [0.05, 0.1) is 11.1 Å². The number of carbonyl (C=O) groups is 2. The molecule has 0 amide bonds. The van der Waals surface area contributed by atoms with Gasteiger partial charge in [-0.15, -0.1) is 0 Å². The van der Waals surface area contributed by atoms with Gasteiger partial charge in [-0.25, -0.2) is 4.79 Å². The van der Waals surface area contributed by atoms with Gasteiger partial charge in [-0.2, -0.15) is 0 Å². The third-order valence-electron chi connectivity index (χ3n) is 5.46. The zero-order valence-electron chi connectivity index (χ0n) is 18.4. The molecule has 0 bridgehead atoms. The van der Waals surface area contributed by atoms with Crippen LogP contribution in [0.1, 0.15) is 45.7 Å². The molecule has 1 heterocycles. The molecule has 4 rings (SSSR count). The molecule has 5 nitrogen and oxygen atoms in total. The molecule has 0 unspecified atom stereocenters. The van der Waals surface area contributed by atoms with E-state index in [1.54, 1.807) is 36.4 Å². The third-order valence-corrected chi connectivity index (χ3v) is 5.46. The van der Waals surface area contributed by atoms with Crippen LogP contribution in [0.4, 0.5) is 5.69 Å². The number of carbonyl (C=O) groups excluding carboxylic acids is 2. The minimum absolute atomic E-state index is 0.191. The summed E-state index contributed by atoms with van der Waals surface area (Å²) in [5.74, 6) is 0.308. The zero-order chi connectivity index (χ0) is 22.7. The highest BCUT2D eigenvalue weighted by molar-refractivity contribution is 6.14. The van der Waals surface area contributed by atoms with Crippen molar-refractivity contribution in [1.82, 2.24) is 0 Å². The highest BCUT2D eigenvalue weighted by atomic mass is 16.5. The van der Waals surface area contributed by atoms with E-state index in [0.29, 0.717) is 22.6 Å². The van der Waals surface area contributed by atoms with Crippen LogP contribution >= 0.6 is 0 Å². The number of ketones is 1. The van der Waals surface area contributed by atoms with Crippen molar-refractivity contribution < 1.29 is 19.1 Å². The minimum Gasteiger partial charge on any atom is -0.452 e. The van der Waals surface area contributed by atoms with Crippen molar-refractivity contribution in [1.29, 1.82) is 0 Å². The quantitative estimate of drug-likeness (QED) is 0.288. The number of nitrogens with zero attached hydrogens (tertiary/aromatic N) is 1. The fourth-order valence-corrected chi connectivity index (χ4v) is 3.61. The van der Waals surface area contributed by atoms with Crippen molar-refractivity contribution in [2.24, 2.45) is 0 Å². The molecule has 3 aromatic carbocycles. The van der Waals surface area contributed by atoms with E-state index in [9.17, 15) is 9.59 Å². The molecule has 3 aromatic rings. The van der Waals surface area contributed by atoms with E-state index in [4.69, 9.17) is 9.47 Å². The smallest absolute Gasteiger partial charge is 0.343 e. The fourth-order valence-electron chi connectivity index (χ4n) is 3.61. The Morgan fingerprint density at radius 2 is 1.66 bits per heavy atom. The topological polar surface area (TPSA) is 55.8 Å². The van der Waals surface area contributed by atoms with Crippen molar-refractivity contribution in [2.45, 2.75) is 20.8 Å². The van der Waals surface area contributed by atoms with Crippen molar-refractivity contribution in [3.63, 3.8) is 0 Å². The Balaban J connectivity index is 1.50. The lowest BCUT2D eigenvalue weighted by Crippen LogP contribution is -2.21. The summed E-state index contributed by atoms with van der Waals surface area (Å²) in [4.78, 5) is 27.4. The Bertz CT molecular complexity index is 1170. The van der Waals surface area contributed by atoms with Gasteiger partial charge in [0.15, 0.2) is 5.76 Å². The molecule has 0 N–H and O–H groups in total. The Morgan fingerprint density at radius 3 is 2.31 bits per heavy atom.